The highest BCUT2D eigenvalue weighted by Gasteiger charge is 2.32. The van der Waals surface area contributed by atoms with Gasteiger partial charge in [-0.3, -0.25) is 24.5 Å². The van der Waals surface area contributed by atoms with Crippen LogP contribution < -0.4 is 9.62 Å². The molecule has 0 saturated carbocycles. The summed E-state index contributed by atoms with van der Waals surface area (Å²) in [5.41, 5.74) is -0.230. The van der Waals surface area contributed by atoms with Gasteiger partial charge in [0.05, 0.1) is 16.9 Å². The molecule has 0 spiro atoms. The molecule has 0 aliphatic heterocycles. The van der Waals surface area contributed by atoms with Gasteiger partial charge in [-0.2, -0.15) is 0 Å². The third-order valence-electron chi connectivity index (χ3n) is 3.80. The lowest BCUT2D eigenvalue weighted by Gasteiger charge is -2.29. The number of nitro groups is 1. The number of nitrogens with zero attached hydrogens (tertiary/aromatic N) is 4. The lowest BCUT2D eigenvalue weighted by molar-refractivity contribution is -0.384. The van der Waals surface area contributed by atoms with Gasteiger partial charge >= 0.3 is 0 Å². The fraction of sp³-hybridized carbons (Fsp3) is 0.471. The van der Waals surface area contributed by atoms with Gasteiger partial charge in [0.15, 0.2) is 4.34 Å². The number of amides is 1. The second-order valence-electron chi connectivity index (χ2n) is 6.83. The summed E-state index contributed by atoms with van der Waals surface area (Å²) in [7, 11) is -3.91. The van der Waals surface area contributed by atoms with Gasteiger partial charge in [-0.15, -0.1) is 10.2 Å². The third-order valence-corrected chi connectivity index (χ3v) is 7.38. The lowest BCUT2D eigenvalue weighted by Crippen LogP contribution is -2.47. The van der Waals surface area contributed by atoms with Gasteiger partial charge in [0.2, 0.25) is 21.1 Å². The SMILES string of the molecule is CC[C@H](C(=O)Nc1nnc(SCC(C)C)s1)N(c1cccc([N+](=O)[O-])c1)S(C)(=O)=O. The van der Waals surface area contributed by atoms with Crippen LogP contribution in [0.4, 0.5) is 16.5 Å². The Bertz CT molecular complexity index is 1010. The molecule has 1 heterocycles. The van der Waals surface area contributed by atoms with Crippen molar-refractivity contribution in [3.63, 3.8) is 0 Å². The molecule has 2 rings (SSSR count). The first-order valence-corrected chi connectivity index (χ1v) is 12.7. The van der Waals surface area contributed by atoms with Crippen LogP contribution in [0.3, 0.4) is 0 Å². The monoisotopic (exact) mass is 473 g/mol. The zero-order chi connectivity index (χ0) is 22.5. The van der Waals surface area contributed by atoms with Crippen LogP contribution in [0.1, 0.15) is 27.2 Å². The summed E-state index contributed by atoms with van der Waals surface area (Å²) in [4.78, 5) is 23.3. The maximum Gasteiger partial charge on any atom is 0.271 e. The van der Waals surface area contributed by atoms with E-state index in [1.165, 1.54) is 41.3 Å². The highest BCUT2D eigenvalue weighted by atomic mass is 32.2. The van der Waals surface area contributed by atoms with Crippen LogP contribution in [0.5, 0.6) is 0 Å². The number of rotatable bonds is 10. The molecule has 13 heteroatoms. The van der Waals surface area contributed by atoms with Gasteiger partial charge in [0.1, 0.15) is 6.04 Å². The maximum atomic E-state index is 12.9. The second-order valence-corrected chi connectivity index (χ2v) is 10.9. The molecule has 164 valence electrons. The molecule has 0 aliphatic rings. The Hall–Kier alpha value is -2.25. The van der Waals surface area contributed by atoms with Crippen molar-refractivity contribution >= 4 is 55.5 Å². The molecule has 0 aliphatic carbocycles. The molecule has 1 aromatic carbocycles. The number of aromatic nitrogens is 2. The average Bonchev–Trinajstić information content (AvgIpc) is 3.10. The van der Waals surface area contributed by atoms with Crippen LogP contribution in [-0.4, -0.2) is 47.5 Å². The second kappa shape index (κ2) is 10.2. The Labute approximate surface area is 183 Å². The minimum Gasteiger partial charge on any atom is -0.299 e. The van der Waals surface area contributed by atoms with Crippen molar-refractivity contribution in [3.05, 3.63) is 34.4 Å². The Morgan fingerprint density at radius 3 is 2.63 bits per heavy atom. The summed E-state index contributed by atoms with van der Waals surface area (Å²) < 4.78 is 26.5. The number of benzene rings is 1. The van der Waals surface area contributed by atoms with Crippen molar-refractivity contribution in [2.45, 2.75) is 37.6 Å². The van der Waals surface area contributed by atoms with Gasteiger partial charge in [0.25, 0.3) is 5.69 Å². The van der Waals surface area contributed by atoms with E-state index in [1.54, 1.807) is 6.92 Å². The highest BCUT2D eigenvalue weighted by molar-refractivity contribution is 8.01. The van der Waals surface area contributed by atoms with E-state index in [0.717, 1.165) is 22.4 Å². The fourth-order valence-corrected chi connectivity index (χ4v) is 5.48. The molecule has 0 radical (unpaired) electrons. The fourth-order valence-electron chi connectivity index (χ4n) is 2.55. The summed E-state index contributed by atoms with van der Waals surface area (Å²) in [5.74, 6) is 0.736. The van der Waals surface area contributed by atoms with Gasteiger partial charge in [0, 0.05) is 17.9 Å². The lowest BCUT2D eigenvalue weighted by atomic mass is 10.2. The Balaban J connectivity index is 2.28. The summed E-state index contributed by atoms with van der Waals surface area (Å²) in [6, 6.07) is 4.05. The number of nitro benzene ring substituents is 1. The van der Waals surface area contributed by atoms with Crippen LogP contribution >= 0.6 is 23.1 Å². The van der Waals surface area contributed by atoms with Crippen molar-refractivity contribution in [1.82, 2.24) is 10.2 Å². The predicted octanol–water partition coefficient (Wildman–Crippen LogP) is 3.38. The van der Waals surface area contributed by atoms with E-state index < -0.39 is 26.9 Å². The van der Waals surface area contributed by atoms with Crippen LogP contribution in [0.25, 0.3) is 0 Å². The van der Waals surface area contributed by atoms with Crippen LogP contribution in [0.2, 0.25) is 0 Å². The van der Waals surface area contributed by atoms with Gasteiger partial charge < -0.3 is 0 Å². The summed E-state index contributed by atoms with van der Waals surface area (Å²) in [6.07, 6.45) is 1.10. The molecule has 0 fully saturated rings. The summed E-state index contributed by atoms with van der Waals surface area (Å²) in [6.45, 7) is 5.82. The number of sulfonamides is 1. The van der Waals surface area contributed by atoms with Crippen LogP contribution in [0, 0.1) is 16.0 Å². The van der Waals surface area contributed by atoms with Crippen molar-refractivity contribution in [2.24, 2.45) is 5.92 Å². The molecular formula is C17H23N5O5S3. The molecule has 10 nitrogen and oxygen atoms in total. The van der Waals surface area contributed by atoms with E-state index >= 15 is 0 Å². The maximum absolute atomic E-state index is 12.9. The first-order chi connectivity index (χ1) is 14.0. The predicted molar refractivity (Wildman–Crippen MR) is 119 cm³/mol. The van der Waals surface area contributed by atoms with Crippen molar-refractivity contribution < 1.29 is 18.1 Å². The number of thioether (sulfide) groups is 1. The molecular weight excluding hydrogens is 450 g/mol. The number of carbonyl (C=O) groups excluding carboxylic acids is 1. The molecule has 0 saturated heterocycles. The van der Waals surface area contributed by atoms with Gasteiger partial charge in [-0.25, -0.2) is 8.42 Å². The zero-order valence-electron chi connectivity index (χ0n) is 16.9. The zero-order valence-corrected chi connectivity index (χ0v) is 19.4. The number of anilines is 2. The van der Waals surface area contributed by atoms with E-state index in [2.05, 4.69) is 29.4 Å². The first kappa shape index (κ1) is 24.0. The van der Waals surface area contributed by atoms with Gasteiger partial charge in [-0.05, 0) is 18.4 Å². The normalized spacial score (nSPS) is 12.6. The molecule has 1 amide bonds. The number of hydrogen-bond acceptors (Lipinski definition) is 9. The number of nitrogens with one attached hydrogen (secondary N) is 1. The quantitative estimate of drug-likeness (QED) is 0.240. The molecule has 2 aromatic rings. The van der Waals surface area contributed by atoms with Crippen LogP contribution in [0.15, 0.2) is 28.6 Å². The molecule has 30 heavy (non-hydrogen) atoms. The van der Waals surface area contributed by atoms with Crippen molar-refractivity contribution in [3.8, 4) is 0 Å². The number of hydrogen-bond donors (Lipinski definition) is 1. The average molecular weight is 474 g/mol. The molecule has 1 aromatic heterocycles. The minimum absolute atomic E-state index is 0.0409. The Morgan fingerprint density at radius 2 is 2.07 bits per heavy atom. The molecule has 1 atom stereocenters. The van der Waals surface area contributed by atoms with Crippen molar-refractivity contribution in [2.75, 3.05) is 21.6 Å². The van der Waals surface area contributed by atoms with E-state index in [4.69, 9.17) is 0 Å². The van der Waals surface area contributed by atoms with E-state index in [0.29, 0.717) is 10.3 Å². The van der Waals surface area contributed by atoms with E-state index in [-0.39, 0.29) is 22.9 Å². The molecule has 1 N–H and O–H groups in total. The Kier molecular flexibility index (Phi) is 8.15. The molecule has 0 bridgehead atoms. The Morgan fingerprint density at radius 1 is 1.37 bits per heavy atom. The first-order valence-electron chi connectivity index (χ1n) is 9.04. The van der Waals surface area contributed by atoms with E-state index in [1.807, 2.05) is 0 Å². The topological polar surface area (TPSA) is 135 Å². The minimum atomic E-state index is -3.91. The largest absolute Gasteiger partial charge is 0.299 e. The standard InChI is InChI=1S/C17H23N5O5S3/c1-5-14(15(23)18-16-19-20-17(29-16)28-10-11(2)3)21(30(4,26)27)12-7-6-8-13(9-12)22(24)25/h6-9,11,14H,5,10H2,1-4H3,(H,18,19,23)/t14-/m1/s1. The highest BCUT2D eigenvalue weighted by Crippen LogP contribution is 2.29. The summed E-state index contributed by atoms with van der Waals surface area (Å²) >= 11 is 2.73. The third kappa shape index (κ3) is 6.37. The molecule has 0 unspecified atom stereocenters. The van der Waals surface area contributed by atoms with Gasteiger partial charge in [-0.1, -0.05) is 49.9 Å². The smallest absolute Gasteiger partial charge is 0.271 e. The van der Waals surface area contributed by atoms with Crippen molar-refractivity contribution in [1.29, 1.82) is 0 Å². The number of non-ortho nitro benzene ring substituents is 1. The van der Waals surface area contributed by atoms with E-state index in [9.17, 15) is 23.3 Å². The summed E-state index contributed by atoms with van der Waals surface area (Å²) in [5, 5.41) is 21.9. The number of carbonyl (C=O) groups is 1. The van der Waals surface area contributed by atoms with Crippen LogP contribution in [-0.2, 0) is 14.8 Å².